The van der Waals surface area contributed by atoms with E-state index >= 15 is 0 Å². The number of nitrogens with two attached hydrogens (primary N) is 1. The molecule has 2 aromatic rings. The third-order valence-electron chi connectivity index (χ3n) is 4.33. The van der Waals surface area contributed by atoms with Gasteiger partial charge in [-0.05, 0) is 19.4 Å². The van der Waals surface area contributed by atoms with Crippen LogP contribution in [0.1, 0.15) is 45.2 Å². The van der Waals surface area contributed by atoms with Crippen LogP contribution in [0.4, 0.5) is 5.69 Å². The number of ketones is 2. The summed E-state index contributed by atoms with van der Waals surface area (Å²) in [6.07, 6.45) is 0.668. The SMILES string of the molecule is C[C@H](N)C(=O)NCCCNc1cccc2c1C(=O)c1ccccc1C2=O. The Morgan fingerprint density at radius 3 is 2.31 bits per heavy atom. The van der Waals surface area contributed by atoms with Gasteiger partial charge in [0.1, 0.15) is 0 Å². The lowest BCUT2D eigenvalue weighted by Crippen LogP contribution is -2.39. The zero-order chi connectivity index (χ0) is 18.7. The monoisotopic (exact) mass is 351 g/mol. The molecule has 0 unspecified atom stereocenters. The number of carbonyl (C=O) groups is 3. The number of anilines is 1. The molecule has 0 spiro atoms. The van der Waals surface area contributed by atoms with E-state index in [-0.39, 0.29) is 17.5 Å². The number of benzene rings is 2. The Labute approximate surface area is 151 Å². The third kappa shape index (κ3) is 3.36. The molecule has 1 aliphatic rings. The smallest absolute Gasteiger partial charge is 0.236 e. The van der Waals surface area contributed by atoms with Gasteiger partial charge in [-0.25, -0.2) is 0 Å². The van der Waals surface area contributed by atoms with Gasteiger partial charge in [-0.2, -0.15) is 0 Å². The molecule has 6 nitrogen and oxygen atoms in total. The summed E-state index contributed by atoms with van der Waals surface area (Å²) in [5.74, 6) is -0.480. The maximum atomic E-state index is 12.9. The molecule has 26 heavy (non-hydrogen) atoms. The maximum Gasteiger partial charge on any atom is 0.236 e. The van der Waals surface area contributed by atoms with Gasteiger partial charge in [0.05, 0.1) is 11.6 Å². The molecule has 0 fully saturated rings. The van der Waals surface area contributed by atoms with E-state index < -0.39 is 6.04 Å². The highest BCUT2D eigenvalue weighted by molar-refractivity contribution is 6.30. The molecule has 0 aliphatic heterocycles. The number of hydrogen-bond donors (Lipinski definition) is 3. The second-order valence-corrected chi connectivity index (χ2v) is 6.29. The molecule has 0 heterocycles. The van der Waals surface area contributed by atoms with E-state index in [2.05, 4.69) is 10.6 Å². The first-order valence-corrected chi connectivity index (χ1v) is 8.59. The maximum absolute atomic E-state index is 12.9. The Morgan fingerprint density at radius 2 is 1.62 bits per heavy atom. The van der Waals surface area contributed by atoms with Gasteiger partial charge < -0.3 is 16.4 Å². The molecular formula is C20H21N3O3. The lowest BCUT2D eigenvalue weighted by molar-refractivity contribution is -0.121. The Morgan fingerprint density at radius 1 is 0.962 bits per heavy atom. The van der Waals surface area contributed by atoms with Crippen LogP contribution in [-0.2, 0) is 4.79 Å². The molecule has 0 aromatic heterocycles. The van der Waals surface area contributed by atoms with Crippen LogP contribution in [0.15, 0.2) is 42.5 Å². The Bertz CT molecular complexity index is 874. The Balaban J connectivity index is 1.72. The minimum atomic E-state index is -0.534. The van der Waals surface area contributed by atoms with Crippen molar-refractivity contribution in [2.24, 2.45) is 5.73 Å². The van der Waals surface area contributed by atoms with Crippen molar-refractivity contribution in [3.05, 3.63) is 64.7 Å². The van der Waals surface area contributed by atoms with Crippen molar-refractivity contribution < 1.29 is 14.4 Å². The second-order valence-electron chi connectivity index (χ2n) is 6.29. The van der Waals surface area contributed by atoms with E-state index in [4.69, 9.17) is 5.73 Å². The van der Waals surface area contributed by atoms with Crippen LogP contribution in [0.5, 0.6) is 0 Å². The molecule has 0 bridgehead atoms. The first kappa shape index (κ1) is 17.8. The largest absolute Gasteiger partial charge is 0.384 e. The van der Waals surface area contributed by atoms with Crippen LogP contribution < -0.4 is 16.4 Å². The fourth-order valence-electron chi connectivity index (χ4n) is 2.98. The van der Waals surface area contributed by atoms with Gasteiger partial charge in [0.15, 0.2) is 11.6 Å². The molecule has 2 aromatic carbocycles. The first-order chi connectivity index (χ1) is 12.5. The summed E-state index contributed by atoms with van der Waals surface area (Å²) in [6.45, 7) is 2.67. The zero-order valence-electron chi connectivity index (χ0n) is 14.5. The van der Waals surface area contributed by atoms with Crippen LogP contribution in [-0.4, -0.2) is 36.6 Å². The van der Waals surface area contributed by atoms with Crippen molar-refractivity contribution in [2.75, 3.05) is 18.4 Å². The summed E-state index contributed by atoms with van der Waals surface area (Å²) in [4.78, 5) is 37.0. The topological polar surface area (TPSA) is 101 Å². The third-order valence-corrected chi connectivity index (χ3v) is 4.33. The molecular weight excluding hydrogens is 330 g/mol. The van der Waals surface area contributed by atoms with Gasteiger partial charge in [0.25, 0.3) is 0 Å². The van der Waals surface area contributed by atoms with Gasteiger partial charge in [-0.15, -0.1) is 0 Å². The number of hydrogen-bond acceptors (Lipinski definition) is 5. The van der Waals surface area contributed by atoms with Crippen molar-refractivity contribution in [2.45, 2.75) is 19.4 Å². The fraction of sp³-hybridized carbons (Fsp3) is 0.250. The van der Waals surface area contributed by atoms with Gasteiger partial charge >= 0.3 is 0 Å². The highest BCUT2D eigenvalue weighted by Crippen LogP contribution is 2.31. The lowest BCUT2D eigenvalue weighted by atomic mass is 9.83. The summed E-state index contributed by atoms with van der Waals surface area (Å²) < 4.78 is 0. The number of nitrogens with one attached hydrogen (secondary N) is 2. The van der Waals surface area contributed by atoms with Gasteiger partial charge in [-0.1, -0.05) is 36.4 Å². The summed E-state index contributed by atoms with van der Waals surface area (Å²) in [7, 11) is 0. The Hall–Kier alpha value is -2.99. The molecule has 4 N–H and O–H groups in total. The minimum Gasteiger partial charge on any atom is -0.384 e. The van der Waals surface area contributed by atoms with Gasteiger partial charge in [0, 0.05) is 35.5 Å². The molecule has 1 amide bonds. The number of amides is 1. The molecule has 134 valence electrons. The highest BCUT2D eigenvalue weighted by Gasteiger charge is 2.31. The zero-order valence-corrected chi connectivity index (χ0v) is 14.5. The average molecular weight is 351 g/mol. The van der Waals surface area contributed by atoms with Crippen LogP contribution in [0.25, 0.3) is 0 Å². The minimum absolute atomic E-state index is 0.136. The van der Waals surface area contributed by atoms with Gasteiger partial charge in [-0.3, -0.25) is 14.4 Å². The molecule has 1 atom stereocenters. The van der Waals surface area contributed by atoms with Gasteiger partial charge in [0.2, 0.25) is 5.91 Å². The van der Waals surface area contributed by atoms with E-state index in [0.29, 0.717) is 47.5 Å². The van der Waals surface area contributed by atoms with Crippen molar-refractivity contribution in [3.8, 4) is 0 Å². The highest BCUT2D eigenvalue weighted by atomic mass is 16.2. The first-order valence-electron chi connectivity index (χ1n) is 8.59. The fourth-order valence-corrected chi connectivity index (χ4v) is 2.98. The second kappa shape index (κ2) is 7.49. The van der Waals surface area contributed by atoms with Crippen LogP contribution in [0.2, 0.25) is 0 Å². The van der Waals surface area contributed by atoms with E-state index in [9.17, 15) is 14.4 Å². The van der Waals surface area contributed by atoms with Crippen molar-refractivity contribution in [1.82, 2.24) is 5.32 Å². The molecule has 1 aliphatic carbocycles. The summed E-state index contributed by atoms with van der Waals surface area (Å²) in [6, 6.07) is 11.6. The van der Waals surface area contributed by atoms with Crippen molar-refractivity contribution in [1.29, 1.82) is 0 Å². The van der Waals surface area contributed by atoms with E-state index in [0.717, 1.165) is 0 Å². The Kier molecular flexibility index (Phi) is 5.14. The molecule has 0 radical (unpaired) electrons. The van der Waals surface area contributed by atoms with Crippen molar-refractivity contribution in [3.63, 3.8) is 0 Å². The number of fused-ring (bicyclic) bond motifs is 2. The van der Waals surface area contributed by atoms with Crippen molar-refractivity contribution >= 4 is 23.2 Å². The average Bonchev–Trinajstić information content (AvgIpc) is 2.65. The quantitative estimate of drug-likeness (QED) is 0.587. The normalized spacial score (nSPS) is 13.6. The predicted molar refractivity (Wildman–Crippen MR) is 99.5 cm³/mol. The summed E-state index contributed by atoms with van der Waals surface area (Å²) in [5.41, 5.74) is 7.83. The number of rotatable bonds is 6. The molecule has 6 heteroatoms. The summed E-state index contributed by atoms with van der Waals surface area (Å²) >= 11 is 0. The van der Waals surface area contributed by atoms with Crippen LogP contribution in [0.3, 0.4) is 0 Å². The number of carbonyl (C=O) groups excluding carboxylic acids is 3. The van der Waals surface area contributed by atoms with E-state index in [1.807, 2.05) is 0 Å². The summed E-state index contributed by atoms with van der Waals surface area (Å²) in [5, 5.41) is 5.94. The van der Waals surface area contributed by atoms with Crippen LogP contribution >= 0.6 is 0 Å². The predicted octanol–water partition coefficient (Wildman–Crippen LogP) is 1.73. The van der Waals surface area contributed by atoms with E-state index in [1.54, 1.807) is 49.4 Å². The molecule has 0 saturated carbocycles. The van der Waals surface area contributed by atoms with E-state index in [1.165, 1.54) is 0 Å². The van der Waals surface area contributed by atoms with Crippen LogP contribution in [0, 0.1) is 0 Å². The lowest BCUT2D eigenvalue weighted by Gasteiger charge is -2.20. The molecule has 3 rings (SSSR count). The standard InChI is InChI=1S/C20H21N3O3/c1-12(21)20(26)23-11-5-10-22-16-9-4-8-15-17(16)19(25)14-7-3-2-6-13(14)18(15)24/h2-4,6-9,12,22H,5,10-11,21H2,1H3,(H,23,26)/t12-/m0/s1. The molecule has 0 saturated heterocycles.